The largest absolute Gasteiger partial charge is 0.352 e. The molecule has 0 aliphatic carbocycles. The molecule has 1 N–H and O–H groups in total. The van der Waals surface area contributed by atoms with Crippen molar-refractivity contribution >= 4 is 29.3 Å². The molecule has 4 heteroatoms. The summed E-state index contributed by atoms with van der Waals surface area (Å²) >= 11 is 7.57. The van der Waals surface area contributed by atoms with Crippen LogP contribution in [0.5, 0.6) is 0 Å². The van der Waals surface area contributed by atoms with Gasteiger partial charge in [-0.15, -0.1) is 11.6 Å². The second-order valence-corrected chi connectivity index (χ2v) is 5.39. The summed E-state index contributed by atoms with van der Waals surface area (Å²) in [6.07, 6.45) is 5.56. The van der Waals surface area contributed by atoms with Gasteiger partial charge in [-0.25, -0.2) is 0 Å². The summed E-state index contributed by atoms with van der Waals surface area (Å²) in [5.74, 6) is 1.69. The van der Waals surface area contributed by atoms with Crippen LogP contribution in [0.3, 0.4) is 0 Å². The van der Waals surface area contributed by atoms with Crippen LogP contribution in [-0.4, -0.2) is 24.5 Å². The fraction of sp³-hybridized carbons (Fsp3) is 0.500. The van der Waals surface area contributed by atoms with E-state index in [2.05, 4.69) is 11.6 Å². The Morgan fingerprint density at radius 1 is 1.22 bits per heavy atom. The van der Waals surface area contributed by atoms with Crippen molar-refractivity contribution in [3.63, 3.8) is 0 Å². The highest BCUT2D eigenvalue weighted by Crippen LogP contribution is 2.07. The van der Waals surface area contributed by atoms with E-state index in [4.69, 9.17) is 11.6 Å². The minimum atomic E-state index is 0.000916. The van der Waals surface area contributed by atoms with Crippen LogP contribution in [-0.2, 0) is 5.88 Å². The molecule has 1 rings (SSSR count). The van der Waals surface area contributed by atoms with Gasteiger partial charge < -0.3 is 5.32 Å². The van der Waals surface area contributed by atoms with E-state index in [0.717, 1.165) is 18.5 Å². The Hall–Kier alpha value is -0.670. The van der Waals surface area contributed by atoms with E-state index in [9.17, 15) is 4.79 Å². The van der Waals surface area contributed by atoms with Crippen LogP contribution in [0.1, 0.15) is 35.2 Å². The molecule has 0 heterocycles. The van der Waals surface area contributed by atoms with Gasteiger partial charge in [-0.3, -0.25) is 4.79 Å². The number of nitrogens with one attached hydrogen (secondary N) is 1. The van der Waals surface area contributed by atoms with Gasteiger partial charge in [0.05, 0.1) is 0 Å². The summed E-state index contributed by atoms with van der Waals surface area (Å²) in [5.41, 5.74) is 1.73. The molecule has 0 aromatic heterocycles. The molecule has 0 aliphatic rings. The number of alkyl halides is 1. The molecular formula is C14H20ClNOS. The number of carbonyl (C=O) groups excluding carboxylic acids is 1. The third kappa shape index (κ3) is 5.78. The van der Waals surface area contributed by atoms with E-state index >= 15 is 0 Å². The quantitative estimate of drug-likeness (QED) is 0.583. The van der Waals surface area contributed by atoms with Gasteiger partial charge in [0.25, 0.3) is 5.91 Å². The highest BCUT2D eigenvalue weighted by molar-refractivity contribution is 7.98. The summed E-state index contributed by atoms with van der Waals surface area (Å²) in [6, 6.07) is 7.42. The second-order valence-electron chi connectivity index (χ2n) is 4.14. The first kappa shape index (κ1) is 15.4. The molecule has 18 heavy (non-hydrogen) atoms. The normalized spacial score (nSPS) is 10.3. The zero-order chi connectivity index (χ0) is 13.2. The van der Waals surface area contributed by atoms with Crippen LogP contribution in [0.25, 0.3) is 0 Å². The van der Waals surface area contributed by atoms with Gasteiger partial charge >= 0.3 is 0 Å². The molecule has 0 fully saturated rings. The van der Waals surface area contributed by atoms with E-state index in [1.54, 1.807) is 0 Å². The Morgan fingerprint density at radius 2 is 1.94 bits per heavy atom. The number of unbranched alkanes of at least 4 members (excludes halogenated alkanes) is 2. The lowest BCUT2D eigenvalue weighted by Crippen LogP contribution is -2.24. The minimum Gasteiger partial charge on any atom is -0.352 e. The van der Waals surface area contributed by atoms with E-state index in [1.807, 2.05) is 36.0 Å². The van der Waals surface area contributed by atoms with Crippen molar-refractivity contribution in [3.8, 4) is 0 Å². The summed E-state index contributed by atoms with van der Waals surface area (Å²) in [7, 11) is 0. The molecule has 0 spiro atoms. The fourth-order valence-electron chi connectivity index (χ4n) is 1.60. The molecule has 0 saturated carbocycles. The smallest absolute Gasteiger partial charge is 0.251 e. The van der Waals surface area contributed by atoms with Gasteiger partial charge in [0.1, 0.15) is 0 Å². The molecule has 0 aliphatic heterocycles. The van der Waals surface area contributed by atoms with E-state index in [0.29, 0.717) is 11.4 Å². The van der Waals surface area contributed by atoms with E-state index < -0.39 is 0 Å². The second kappa shape index (κ2) is 9.29. The van der Waals surface area contributed by atoms with Gasteiger partial charge in [0.15, 0.2) is 0 Å². The van der Waals surface area contributed by atoms with Crippen molar-refractivity contribution in [3.05, 3.63) is 35.4 Å². The number of rotatable bonds is 8. The van der Waals surface area contributed by atoms with Gasteiger partial charge in [0, 0.05) is 18.0 Å². The lowest BCUT2D eigenvalue weighted by Gasteiger charge is -2.05. The number of halogens is 1. The summed E-state index contributed by atoms with van der Waals surface area (Å²) in [5, 5.41) is 2.93. The Kier molecular flexibility index (Phi) is 7.94. The predicted molar refractivity (Wildman–Crippen MR) is 80.6 cm³/mol. The lowest BCUT2D eigenvalue weighted by molar-refractivity contribution is 0.0953. The Morgan fingerprint density at radius 3 is 2.56 bits per heavy atom. The number of benzene rings is 1. The van der Waals surface area contributed by atoms with E-state index in [-0.39, 0.29) is 5.91 Å². The van der Waals surface area contributed by atoms with Crippen LogP contribution < -0.4 is 5.32 Å². The van der Waals surface area contributed by atoms with Crippen LogP contribution in [0.2, 0.25) is 0 Å². The van der Waals surface area contributed by atoms with Crippen molar-refractivity contribution in [2.75, 3.05) is 18.6 Å². The molecule has 0 atom stereocenters. The Bertz CT molecular complexity index is 353. The molecule has 2 nitrogen and oxygen atoms in total. The maximum atomic E-state index is 11.8. The van der Waals surface area contributed by atoms with Crippen molar-refractivity contribution in [1.82, 2.24) is 5.32 Å². The molecule has 1 aromatic rings. The minimum absolute atomic E-state index is 0.000916. The number of thioether (sulfide) groups is 1. The highest BCUT2D eigenvalue weighted by Gasteiger charge is 2.03. The molecule has 0 radical (unpaired) electrons. The first-order chi connectivity index (χ1) is 8.77. The van der Waals surface area contributed by atoms with Crippen LogP contribution in [0.15, 0.2) is 24.3 Å². The lowest BCUT2D eigenvalue weighted by atomic mass is 10.1. The maximum Gasteiger partial charge on any atom is 0.251 e. The molecule has 0 bridgehead atoms. The van der Waals surface area contributed by atoms with Crippen LogP contribution >= 0.6 is 23.4 Å². The first-order valence-electron chi connectivity index (χ1n) is 6.20. The third-order valence-electron chi connectivity index (χ3n) is 2.68. The molecule has 1 amide bonds. The average molecular weight is 286 g/mol. The molecule has 0 unspecified atom stereocenters. The summed E-state index contributed by atoms with van der Waals surface area (Å²) in [4.78, 5) is 11.8. The third-order valence-corrected chi connectivity index (χ3v) is 3.69. The van der Waals surface area contributed by atoms with Gasteiger partial charge in [-0.1, -0.05) is 18.6 Å². The number of hydrogen-bond acceptors (Lipinski definition) is 2. The van der Waals surface area contributed by atoms with Crippen molar-refractivity contribution in [1.29, 1.82) is 0 Å². The van der Waals surface area contributed by atoms with Crippen molar-refractivity contribution in [2.24, 2.45) is 0 Å². The van der Waals surface area contributed by atoms with Gasteiger partial charge in [0.2, 0.25) is 0 Å². The number of carbonyl (C=O) groups is 1. The average Bonchev–Trinajstić information content (AvgIpc) is 2.42. The topological polar surface area (TPSA) is 29.1 Å². The Labute approximate surface area is 118 Å². The standard InChI is InChI=1S/C14H20ClNOS/c1-18-10-4-2-3-9-16-14(17)13-7-5-12(11-15)6-8-13/h5-8H,2-4,9-11H2,1H3,(H,16,17). The molecular weight excluding hydrogens is 266 g/mol. The van der Waals surface area contributed by atoms with Gasteiger partial charge in [-0.2, -0.15) is 11.8 Å². The van der Waals surface area contributed by atoms with Crippen molar-refractivity contribution < 1.29 is 4.79 Å². The zero-order valence-electron chi connectivity index (χ0n) is 10.7. The number of hydrogen-bond donors (Lipinski definition) is 1. The summed E-state index contributed by atoms with van der Waals surface area (Å²) < 4.78 is 0. The van der Waals surface area contributed by atoms with Crippen molar-refractivity contribution in [2.45, 2.75) is 25.1 Å². The van der Waals surface area contributed by atoms with E-state index in [1.165, 1.54) is 18.6 Å². The van der Waals surface area contributed by atoms with Gasteiger partial charge in [-0.05, 0) is 42.5 Å². The molecule has 100 valence electrons. The number of amides is 1. The fourth-order valence-corrected chi connectivity index (χ4v) is 2.27. The SMILES string of the molecule is CSCCCCCNC(=O)c1ccc(CCl)cc1. The monoisotopic (exact) mass is 285 g/mol. The molecule has 0 saturated heterocycles. The Balaban J connectivity index is 2.23. The molecule has 1 aromatic carbocycles. The summed E-state index contributed by atoms with van der Waals surface area (Å²) in [6.45, 7) is 0.754. The maximum absolute atomic E-state index is 11.8. The van der Waals surface area contributed by atoms with Crippen LogP contribution in [0.4, 0.5) is 0 Å². The van der Waals surface area contributed by atoms with Crippen LogP contribution in [0, 0.1) is 0 Å². The first-order valence-corrected chi connectivity index (χ1v) is 8.13. The predicted octanol–water partition coefficient (Wildman–Crippen LogP) is 3.69. The zero-order valence-corrected chi connectivity index (χ0v) is 12.3. The highest BCUT2D eigenvalue weighted by atomic mass is 35.5.